The highest BCUT2D eigenvalue weighted by molar-refractivity contribution is 5.54. The third-order valence-corrected chi connectivity index (χ3v) is 1.83. The second-order valence-electron chi connectivity index (χ2n) is 2.97. The lowest BCUT2D eigenvalue weighted by molar-refractivity contribution is 0.414. The van der Waals surface area contributed by atoms with Crippen LogP contribution in [0, 0.1) is 0 Å². The normalized spacial score (nSPS) is 11.5. The Morgan fingerprint density at radius 1 is 1.54 bits per heavy atom. The zero-order valence-electron chi connectivity index (χ0n) is 8.08. The van der Waals surface area contributed by atoms with Crippen molar-refractivity contribution in [1.82, 2.24) is 0 Å². The van der Waals surface area contributed by atoms with Crippen molar-refractivity contribution in [3.05, 3.63) is 35.4 Å². The molecule has 1 aromatic rings. The first-order chi connectivity index (χ1) is 6.26. The van der Waals surface area contributed by atoms with Crippen LogP contribution in [0.3, 0.4) is 0 Å². The van der Waals surface area contributed by atoms with Crippen LogP contribution in [0.4, 0.5) is 0 Å². The van der Waals surface area contributed by atoms with Crippen LogP contribution >= 0.6 is 0 Å². The summed E-state index contributed by atoms with van der Waals surface area (Å²) in [6, 6.07) is 7.91. The largest absolute Gasteiger partial charge is 0.497 e. The second-order valence-corrected chi connectivity index (χ2v) is 2.97. The zero-order chi connectivity index (χ0) is 9.68. The van der Waals surface area contributed by atoms with Crippen LogP contribution in [0.1, 0.15) is 12.5 Å². The molecule has 0 amide bonds. The Hall–Kier alpha value is -1.28. The fourth-order valence-corrected chi connectivity index (χ4v) is 1.07. The summed E-state index contributed by atoms with van der Waals surface area (Å²) in [5.41, 5.74) is 7.78. The topological polar surface area (TPSA) is 35.2 Å². The van der Waals surface area contributed by atoms with Gasteiger partial charge in [-0.3, -0.25) is 0 Å². The first-order valence-corrected chi connectivity index (χ1v) is 4.27. The predicted octanol–water partition coefficient (Wildman–Crippen LogP) is 2.06. The summed E-state index contributed by atoms with van der Waals surface area (Å²) in [6.07, 6.45) is 2.06. The van der Waals surface area contributed by atoms with E-state index in [1.165, 1.54) is 0 Å². The van der Waals surface area contributed by atoms with Crippen molar-refractivity contribution in [3.8, 4) is 5.75 Å². The van der Waals surface area contributed by atoms with E-state index in [0.29, 0.717) is 6.54 Å². The van der Waals surface area contributed by atoms with Crippen molar-refractivity contribution in [1.29, 1.82) is 0 Å². The second kappa shape index (κ2) is 4.67. The van der Waals surface area contributed by atoms with Crippen LogP contribution in [0.2, 0.25) is 0 Å². The smallest absolute Gasteiger partial charge is 0.119 e. The lowest BCUT2D eigenvalue weighted by atomic mass is 10.1. The Morgan fingerprint density at radius 2 is 2.31 bits per heavy atom. The van der Waals surface area contributed by atoms with Gasteiger partial charge in [-0.25, -0.2) is 0 Å². The van der Waals surface area contributed by atoms with Gasteiger partial charge in [0.15, 0.2) is 0 Å². The number of hydrogen-bond acceptors (Lipinski definition) is 2. The summed E-state index contributed by atoms with van der Waals surface area (Å²) in [4.78, 5) is 0. The Kier molecular flexibility index (Phi) is 3.53. The molecule has 0 unspecified atom stereocenters. The van der Waals surface area contributed by atoms with Crippen molar-refractivity contribution in [2.24, 2.45) is 5.73 Å². The summed E-state index contributed by atoms with van der Waals surface area (Å²) >= 11 is 0. The van der Waals surface area contributed by atoms with Gasteiger partial charge < -0.3 is 10.5 Å². The van der Waals surface area contributed by atoms with Gasteiger partial charge in [0.2, 0.25) is 0 Å². The molecular weight excluding hydrogens is 162 g/mol. The summed E-state index contributed by atoms with van der Waals surface area (Å²) in [7, 11) is 1.67. The quantitative estimate of drug-likeness (QED) is 0.767. The molecule has 0 aliphatic heterocycles. The van der Waals surface area contributed by atoms with Crippen molar-refractivity contribution >= 4 is 6.08 Å². The lowest BCUT2D eigenvalue weighted by Gasteiger charge is -2.01. The van der Waals surface area contributed by atoms with Crippen LogP contribution in [-0.4, -0.2) is 13.7 Å². The summed E-state index contributed by atoms with van der Waals surface area (Å²) in [5, 5.41) is 0. The van der Waals surface area contributed by atoms with E-state index in [1.54, 1.807) is 7.11 Å². The number of ether oxygens (including phenoxy) is 1. The molecule has 0 saturated heterocycles. The van der Waals surface area contributed by atoms with Crippen molar-refractivity contribution in [2.45, 2.75) is 6.92 Å². The number of hydrogen-bond donors (Lipinski definition) is 1. The first-order valence-electron chi connectivity index (χ1n) is 4.27. The SMILES string of the molecule is COc1cccc(C=C(C)CN)c1. The fourth-order valence-electron chi connectivity index (χ4n) is 1.07. The molecule has 0 bridgehead atoms. The molecule has 0 aromatic heterocycles. The third kappa shape index (κ3) is 2.92. The van der Waals surface area contributed by atoms with Crippen molar-refractivity contribution < 1.29 is 4.74 Å². The number of benzene rings is 1. The highest BCUT2D eigenvalue weighted by Gasteiger charge is 1.92. The van der Waals surface area contributed by atoms with Gasteiger partial charge in [-0.15, -0.1) is 0 Å². The van der Waals surface area contributed by atoms with Gasteiger partial charge in [0.05, 0.1) is 7.11 Å². The molecule has 0 heterocycles. The van der Waals surface area contributed by atoms with Gasteiger partial charge in [-0.05, 0) is 24.6 Å². The van der Waals surface area contributed by atoms with Gasteiger partial charge in [0.25, 0.3) is 0 Å². The lowest BCUT2D eigenvalue weighted by Crippen LogP contribution is -1.99. The highest BCUT2D eigenvalue weighted by atomic mass is 16.5. The van der Waals surface area contributed by atoms with Crippen molar-refractivity contribution in [3.63, 3.8) is 0 Å². The molecule has 0 spiro atoms. The highest BCUT2D eigenvalue weighted by Crippen LogP contribution is 2.14. The molecule has 1 aromatic carbocycles. The van der Waals surface area contributed by atoms with Crippen LogP contribution < -0.4 is 10.5 Å². The van der Waals surface area contributed by atoms with Crippen molar-refractivity contribution in [2.75, 3.05) is 13.7 Å². The van der Waals surface area contributed by atoms with Crippen LogP contribution in [-0.2, 0) is 0 Å². The van der Waals surface area contributed by atoms with Gasteiger partial charge in [0.1, 0.15) is 5.75 Å². The Bertz CT molecular complexity index is 305. The van der Waals surface area contributed by atoms with Crippen LogP contribution in [0.25, 0.3) is 6.08 Å². The van der Waals surface area contributed by atoms with E-state index in [-0.39, 0.29) is 0 Å². The van der Waals surface area contributed by atoms with E-state index in [4.69, 9.17) is 10.5 Å². The van der Waals surface area contributed by atoms with E-state index in [0.717, 1.165) is 16.9 Å². The Morgan fingerprint density at radius 3 is 2.92 bits per heavy atom. The minimum absolute atomic E-state index is 0.594. The molecule has 0 fully saturated rings. The molecule has 2 nitrogen and oxygen atoms in total. The third-order valence-electron chi connectivity index (χ3n) is 1.83. The van der Waals surface area contributed by atoms with Crippen LogP contribution in [0.5, 0.6) is 5.75 Å². The maximum absolute atomic E-state index is 5.49. The maximum Gasteiger partial charge on any atom is 0.119 e. The standard InChI is InChI=1S/C11H15NO/c1-9(8-12)6-10-4-3-5-11(7-10)13-2/h3-7H,8,12H2,1-2H3. The number of rotatable bonds is 3. The molecule has 1 rings (SSSR count). The molecule has 0 aliphatic carbocycles. The van der Waals surface area contributed by atoms with Gasteiger partial charge in [0, 0.05) is 6.54 Å². The first kappa shape index (κ1) is 9.81. The fraction of sp³-hybridized carbons (Fsp3) is 0.273. The average molecular weight is 177 g/mol. The van der Waals surface area contributed by atoms with Crippen LogP contribution in [0.15, 0.2) is 29.8 Å². The minimum atomic E-state index is 0.594. The van der Waals surface area contributed by atoms with Gasteiger partial charge in [-0.1, -0.05) is 23.8 Å². The average Bonchev–Trinajstić information content (AvgIpc) is 2.18. The zero-order valence-corrected chi connectivity index (χ0v) is 8.08. The Balaban J connectivity index is 2.89. The Labute approximate surface area is 79.0 Å². The van der Waals surface area contributed by atoms with Gasteiger partial charge >= 0.3 is 0 Å². The predicted molar refractivity (Wildman–Crippen MR) is 55.7 cm³/mol. The maximum atomic E-state index is 5.49. The van der Waals surface area contributed by atoms with E-state index in [1.807, 2.05) is 31.2 Å². The molecule has 13 heavy (non-hydrogen) atoms. The molecule has 2 N–H and O–H groups in total. The molecule has 0 radical (unpaired) electrons. The summed E-state index contributed by atoms with van der Waals surface area (Å²) in [6.45, 7) is 2.61. The van der Waals surface area contributed by atoms with E-state index < -0.39 is 0 Å². The van der Waals surface area contributed by atoms with E-state index >= 15 is 0 Å². The molecule has 70 valence electrons. The molecule has 2 heteroatoms. The molecule has 0 atom stereocenters. The number of methoxy groups -OCH3 is 1. The summed E-state index contributed by atoms with van der Waals surface area (Å²) in [5.74, 6) is 0.874. The van der Waals surface area contributed by atoms with E-state index in [9.17, 15) is 0 Å². The monoisotopic (exact) mass is 177 g/mol. The number of nitrogens with two attached hydrogens (primary N) is 1. The summed E-state index contributed by atoms with van der Waals surface area (Å²) < 4.78 is 5.11. The van der Waals surface area contributed by atoms with E-state index in [2.05, 4.69) is 6.08 Å². The minimum Gasteiger partial charge on any atom is -0.497 e. The molecule has 0 aliphatic rings. The molecule has 0 saturated carbocycles. The molecular formula is C11H15NO. The van der Waals surface area contributed by atoms with Gasteiger partial charge in [-0.2, -0.15) is 0 Å².